The van der Waals surface area contributed by atoms with E-state index in [4.69, 9.17) is 4.74 Å². The van der Waals surface area contributed by atoms with Gasteiger partial charge in [-0.1, -0.05) is 26.2 Å². The molecule has 0 aromatic heterocycles. The predicted octanol–water partition coefficient (Wildman–Crippen LogP) is 3.47. The highest BCUT2D eigenvalue weighted by Gasteiger charge is 2.59. The maximum atomic E-state index is 12.1. The molecule has 2 aliphatic carbocycles. The highest BCUT2D eigenvalue weighted by Crippen LogP contribution is 2.55. The van der Waals surface area contributed by atoms with Crippen LogP contribution in [-0.2, 0) is 9.53 Å². The molecule has 4 unspecified atom stereocenters. The van der Waals surface area contributed by atoms with Gasteiger partial charge in [-0.25, -0.2) is 0 Å². The van der Waals surface area contributed by atoms with Gasteiger partial charge in [-0.15, -0.1) is 0 Å². The van der Waals surface area contributed by atoms with Crippen molar-refractivity contribution in [1.29, 1.82) is 0 Å². The maximum Gasteiger partial charge on any atom is 0.312 e. The van der Waals surface area contributed by atoms with Crippen LogP contribution in [0.5, 0.6) is 0 Å². The zero-order valence-corrected chi connectivity index (χ0v) is 11.9. The molecule has 1 aliphatic heterocycles. The van der Waals surface area contributed by atoms with Crippen LogP contribution in [0.25, 0.3) is 0 Å². The molecule has 4 atom stereocenters. The standard InChI is InChI=1S/C16H26O3/c1-2-11-4-3-5-13(10-11)16(15(17)18)8-9-19-14(16)12-6-7-12/h11-14H,2-10H2,1H3,(H,17,18). The minimum absolute atomic E-state index is 0.00519. The number of hydrogen-bond donors (Lipinski definition) is 1. The first-order valence-electron chi connectivity index (χ1n) is 8.03. The fraction of sp³-hybridized carbons (Fsp3) is 0.938. The van der Waals surface area contributed by atoms with Crippen molar-refractivity contribution in [2.24, 2.45) is 23.2 Å². The molecule has 1 heterocycles. The van der Waals surface area contributed by atoms with E-state index in [1.807, 2.05) is 0 Å². The van der Waals surface area contributed by atoms with Crippen molar-refractivity contribution in [2.45, 2.75) is 64.4 Å². The number of carbonyl (C=O) groups is 1. The molecule has 108 valence electrons. The van der Waals surface area contributed by atoms with Crippen LogP contribution in [-0.4, -0.2) is 23.8 Å². The second-order valence-electron chi connectivity index (χ2n) is 6.86. The molecule has 19 heavy (non-hydrogen) atoms. The monoisotopic (exact) mass is 266 g/mol. The number of hydrogen-bond acceptors (Lipinski definition) is 2. The molecule has 1 saturated heterocycles. The highest BCUT2D eigenvalue weighted by molar-refractivity contribution is 5.76. The molecule has 3 fully saturated rings. The van der Waals surface area contributed by atoms with E-state index in [-0.39, 0.29) is 6.10 Å². The van der Waals surface area contributed by atoms with E-state index in [9.17, 15) is 9.90 Å². The Labute approximate surface area is 115 Å². The van der Waals surface area contributed by atoms with E-state index in [0.717, 1.165) is 25.2 Å². The van der Waals surface area contributed by atoms with Gasteiger partial charge in [0.05, 0.1) is 11.5 Å². The summed E-state index contributed by atoms with van der Waals surface area (Å²) in [4.78, 5) is 12.1. The van der Waals surface area contributed by atoms with Crippen molar-refractivity contribution in [1.82, 2.24) is 0 Å². The minimum Gasteiger partial charge on any atom is -0.481 e. The van der Waals surface area contributed by atoms with Gasteiger partial charge >= 0.3 is 5.97 Å². The third-order valence-corrected chi connectivity index (χ3v) is 5.86. The second kappa shape index (κ2) is 5.08. The van der Waals surface area contributed by atoms with Crippen LogP contribution in [0.1, 0.15) is 58.3 Å². The number of carboxylic acids is 1. The fourth-order valence-corrected chi connectivity index (χ4v) is 4.57. The summed E-state index contributed by atoms with van der Waals surface area (Å²) < 4.78 is 5.90. The summed E-state index contributed by atoms with van der Waals surface area (Å²) in [7, 11) is 0. The number of carboxylic acid groups (broad SMARTS) is 1. The van der Waals surface area contributed by atoms with Gasteiger partial charge in [0.1, 0.15) is 0 Å². The summed E-state index contributed by atoms with van der Waals surface area (Å²) in [5.41, 5.74) is -0.561. The first-order valence-corrected chi connectivity index (χ1v) is 8.03. The Bertz CT molecular complexity index is 350. The minimum atomic E-state index is -0.580. The zero-order chi connectivity index (χ0) is 13.5. The number of ether oxygens (including phenoxy) is 1. The molecule has 3 aliphatic rings. The predicted molar refractivity (Wildman–Crippen MR) is 72.9 cm³/mol. The second-order valence-corrected chi connectivity index (χ2v) is 6.86. The smallest absolute Gasteiger partial charge is 0.312 e. The van der Waals surface area contributed by atoms with Crippen molar-refractivity contribution in [3.05, 3.63) is 0 Å². The van der Waals surface area contributed by atoms with Crippen LogP contribution in [0.15, 0.2) is 0 Å². The SMILES string of the molecule is CCC1CCCC(C2(C(=O)O)CCOC2C2CC2)C1. The van der Waals surface area contributed by atoms with Gasteiger partial charge in [0.2, 0.25) is 0 Å². The molecule has 1 N–H and O–H groups in total. The summed E-state index contributed by atoms with van der Waals surface area (Å²) in [6, 6.07) is 0. The number of aliphatic carboxylic acids is 1. The summed E-state index contributed by atoms with van der Waals surface area (Å²) in [5.74, 6) is 1.02. The molecule has 3 nitrogen and oxygen atoms in total. The normalized spacial score (nSPS) is 43.3. The van der Waals surface area contributed by atoms with E-state index in [1.165, 1.54) is 32.1 Å². The summed E-state index contributed by atoms with van der Waals surface area (Å²) in [5, 5.41) is 9.94. The molecule has 3 rings (SSSR count). The largest absolute Gasteiger partial charge is 0.481 e. The van der Waals surface area contributed by atoms with Gasteiger partial charge in [-0.3, -0.25) is 4.79 Å². The molecule has 0 aromatic rings. The van der Waals surface area contributed by atoms with Gasteiger partial charge in [0.15, 0.2) is 0 Å². The van der Waals surface area contributed by atoms with Crippen molar-refractivity contribution in [2.75, 3.05) is 6.61 Å². The van der Waals surface area contributed by atoms with Gasteiger partial charge in [0.25, 0.3) is 0 Å². The third-order valence-electron chi connectivity index (χ3n) is 5.86. The molecular weight excluding hydrogens is 240 g/mol. The van der Waals surface area contributed by atoms with E-state index in [2.05, 4.69) is 6.92 Å². The first kappa shape index (κ1) is 13.4. The Morgan fingerprint density at radius 3 is 2.74 bits per heavy atom. The van der Waals surface area contributed by atoms with Crippen molar-refractivity contribution in [3.8, 4) is 0 Å². The number of rotatable bonds is 4. The molecule has 0 bridgehead atoms. The molecule has 0 aromatic carbocycles. The summed E-state index contributed by atoms with van der Waals surface area (Å²) in [6.07, 6.45) is 8.97. The van der Waals surface area contributed by atoms with E-state index in [1.54, 1.807) is 0 Å². The fourth-order valence-electron chi connectivity index (χ4n) is 4.57. The van der Waals surface area contributed by atoms with Gasteiger partial charge in [-0.2, -0.15) is 0 Å². The average molecular weight is 266 g/mol. The van der Waals surface area contributed by atoms with Crippen LogP contribution >= 0.6 is 0 Å². The zero-order valence-electron chi connectivity index (χ0n) is 11.9. The van der Waals surface area contributed by atoms with Crippen LogP contribution < -0.4 is 0 Å². The lowest BCUT2D eigenvalue weighted by Gasteiger charge is -2.42. The lowest BCUT2D eigenvalue weighted by molar-refractivity contribution is -0.160. The quantitative estimate of drug-likeness (QED) is 0.847. The van der Waals surface area contributed by atoms with E-state index in [0.29, 0.717) is 18.4 Å². The Kier molecular flexibility index (Phi) is 3.59. The Balaban J connectivity index is 1.85. The topological polar surface area (TPSA) is 46.5 Å². The van der Waals surface area contributed by atoms with Crippen molar-refractivity contribution < 1.29 is 14.6 Å². The highest BCUT2D eigenvalue weighted by atomic mass is 16.5. The molecular formula is C16H26O3. The first-order chi connectivity index (χ1) is 9.18. The van der Waals surface area contributed by atoms with Crippen LogP contribution in [0.4, 0.5) is 0 Å². The maximum absolute atomic E-state index is 12.1. The van der Waals surface area contributed by atoms with Crippen LogP contribution in [0, 0.1) is 23.2 Å². The lowest BCUT2D eigenvalue weighted by atomic mass is 9.62. The van der Waals surface area contributed by atoms with Gasteiger partial charge < -0.3 is 9.84 Å². The van der Waals surface area contributed by atoms with Crippen molar-refractivity contribution in [3.63, 3.8) is 0 Å². The average Bonchev–Trinajstić information content (AvgIpc) is 3.17. The molecule has 0 amide bonds. The van der Waals surface area contributed by atoms with Crippen LogP contribution in [0.3, 0.4) is 0 Å². The molecule has 3 heteroatoms. The summed E-state index contributed by atoms with van der Waals surface area (Å²) >= 11 is 0. The van der Waals surface area contributed by atoms with E-state index >= 15 is 0 Å². The Morgan fingerprint density at radius 1 is 1.32 bits per heavy atom. The molecule has 2 saturated carbocycles. The van der Waals surface area contributed by atoms with Crippen molar-refractivity contribution >= 4 is 5.97 Å². The Hall–Kier alpha value is -0.570. The van der Waals surface area contributed by atoms with Crippen LogP contribution in [0.2, 0.25) is 0 Å². The summed E-state index contributed by atoms with van der Waals surface area (Å²) in [6.45, 7) is 2.89. The third kappa shape index (κ3) is 2.20. The molecule has 0 spiro atoms. The Morgan fingerprint density at radius 2 is 2.11 bits per heavy atom. The van der Waals surface area contributed by atoms with Gasteiger partial charge in [-0.05, 0) is 49.9 Å². The lowest BCUT2D eigenvalue weighted by Crippen LogP contribution is -2.47. The molecule has 0 radical (unpaired) electrons. The van der Waals surface area contributed by atoms with Gasteiger partial charge in [0, 0.05) is 6.61 Å². The van der Waals surface area contributed by atoms with E-state index < -0.39 is 11.4 Å².